The topological polar surface area (TPSA) is 140 Å². The predicted molar refractivity (Wildman–Crippen MR) is 105 cm³/mol. The van der Waals surface area contributed by atoms with Crippen molar-refractivity contribution in [2.75, 3.05) is 4.72 Å². The van der Waals surface area contributed by atoms with E-state index < -0.39 is 37.1 Å². The molecule has 9 nitrogen and oxygen atoms in total. The summed E-state index contributed by atoms with van der Waals surface area (Å²) in [4.78, 5) is 25.7. The summed E-state index contributed by atoms with van der Waals surface area (Å²) in [7, 11) is -4.41. The van der Waals surface area contributed by atoms with Gasteiger partial charge in [0.25, 0.3) is 15.7 Å². The highest BCUT2D eigenvalue weighted by Gasteiger charge is 2.26. The summed E-state index contributed by atoms with van der Waals surface area (Å²) in [5.41, 5.74) is 0.575. The van der Waals surface area contributed by atoms with Gasteiger partial charge >= 0.3 is 5.97 Å². The maximum absolute atomic E-state index is 12.8. The highest BCUT2D eigenvalue weighted by atomic mass is 32.2. The standard InChI is InChI=1S/C19H15N3O6S/c1-12-9-17(22(25)26)16(10-15(12)13-5-4-8-20-11-13)21-29(27,28)18-7-3-2-6-14(18)19(23)24/h2-11,21H,1H3,(H,23,24). The Morgan fingerprint density at radius 1 is 1.17 bits per heavy atom. The first kappa shape index (κ1) is 20.0. The lowest BCUT2D eigenvalue weighted by Crippen LogP contribution is -2.17. The van der Waals surface area contributed by atoms with E-state index in [2.05, 4.69) is 9.71 Å². The molecule has 0 amide bonds. The second kappa shape index (κ2) is 7.68. The van der Waals surface area contributed by atoms with E-state index in [9.17, 15) is 28.4 Å². The van der Waals surface area contributed by atoms with E-state index in [4.69, 9.17) is 0 Å². The molecule has 3 rings (SSSR count). The Morgan fingerprint density at radius 2 is 1.90 bits per heavy atom. The Labute approximate surface area is 165 Å². The van der Waals surface area contributed by atoms with E-state index in [0.717, 1.165) is 12.1 Å². The van der Waals surface area contributed by atoms with E-state index >= 15 is 0 Å². The number of hydrogen-bond acceptors (Lipinski definition) is 6. The minimum Gasteiger partial charge on any atom is -0.478 e. The SMILES string of the molecule is Cc1cc([N+](=O)[O-])c(NS(=O)(=O)c2ccccc2C(=O)O)cc1-c1cccnc1. The van der Waals surface area contributed by atoms with Crippen molar-refractivity contribution in [2.24, 2.45) is 0 Å². The molecule has 2 aromatic carbocycles. The van der Waals surface area contributed by atoms with Crippen LogP contribution in [-0.2, 0) is 10.0 Å². The molecular formula is C19H15N3O6S. The molecule has 0 unspecified atom stereocenters. The third-order valence-corrected chi connectivity index (χ3v) is 5.59. The number of nitrogens with zero attached hydrogens (tertiary/aromatic N) is 2. The lowest BCUT2D eigenvalue weighted by Gasteiger charge is -2.13. The van der Waals surface area contributed by atoms with Gasteiger partial charge in [-0.25, -0.2) is 13.2 Å². The van der Waals surface area contributed by atoms with Crippen LogP contribution in [0.25, 0.3) is 11.1 Å². The first-order valence-corrected chi connectivity index (χ1v) is 9.73. The molecule has 0 aliphatic carbocycles. The number of nitro groups is 1. The summed E-state index contributed by atoms with van der Waals surface area (Å²) in [6.07, 6.45) is 3.11. The molecule has 0 fully saturated rings. The molecule has 148 valence electrons. The van der Waals surface area contributed by atoms with Crippen molar-refractivity contribution in [3.05, 3.63) is 82.2 Å². The monoisotopic (exact) mass is 413 g/mol. The number of carboxylic acids is 1. The summed E-state index contributed by atoms with van der Waals surface area (Å²) in [6, 6.07) is 11.0. The van der Waals surface area contributed by atoms with E-state index in [-0.39, 0.29) is 5.69 Å². The zero-order chi connectivity index (χ0) is 21.2. The zero-order valence-corrected chi connectivity index (χ0v) is 15.9. The van der Waals surface area contributed by atoms with Gasteiger partial charge in [-0.3, -0.25) is 19.8 Å². The number of benzene rings is 2. The summed E-state index contributed by atoms with van der Waals surface area (Å²) in [6.45, 7) is 1.66. The fourth-order valence-electron chi connectivity index (χ4n) is 2.84. The smallest absolute Gasteiger partial charge is 0.337 e. The number of aryl methyl sites for hydroxylation is 1. The number of aromatic carboxylic acids is 1. The Morgan fingerprint density at radius 3 is 2.52 bits per heavy atom. The number of pyridine rings is 1. The number of sulfonamides is 1. The van der Waals surface area contributed by atoms with Crippen molar-refractivity contribution in [1.82, 2.24) is 4.98 Å². The number of carbonyl (C=O) groups is 1. The molecule has 0 spiro atoms. The van der Waals surface area contributed by atoms with E-state index in [1.165, 1.54) is 24.3 Å². The average Bonchev–Trinajstić information content (AvgIpc) is 2.69. The van der Waals surface area contributed by atoms with E-state index in [0.29, 0.717) is 16.7 Å². The molecule has 0 saturated carbocycles. The van der Waals surface area contributed by atoms with Crippen LogP contribution in [0.2, 0.25) is 0 Å². The number of carboxylic acid groups (broad SMARTS) is 1. The number of nitro benzene ring substituents is 1. The van der Waals surface area contributed by atoms with Crippen LogP contribution < -0.4 is 4.72 Å². The minimum atomic E-state index is -4.41. The van der Waals surface area contributed by atoms with Crippen LogP contribution in [0.15, 0.2) is 65.8 Å². The zero-order valence-electron chi connectivity index (χ0n) is 15.1. The Kier molecular flexibility index (Phi) is 5.29. The maximum atomic E-state index is 12.8. The molecule has 3 aromatic rings. The van der Waals surface area contributed by atoms with Crippen LogP contribution in [0.1, 0.15) is 15.9 Å². The molecular weight excluding hydrogens is 398 g/mol. The summed E-state index contributed by atoms with van der Waals surface area (Å²) in [5, 5.41) is 20.7. The van der Waals surface area contributed by atoms with Crippen molar-refractivity contribution in [3.63, 3.8) is 0 Å². The van der Waals surface area contributed by atoms with Crippen LogP contribution in [0.4, 0.5) is 11.4 Å². The van der Waals surface area contributed by atoms with Gasteiger partial charge in [0.2, 0.25) is 0 Å². The first-order chi connectivity index (χ1) is 13.7. The summed E-state index contributed by atoms with van der Waals surface area (Å²) in [5.74, 6) is -1.43. The fourth-order valence-corrected chi connectivity index (χ4v) is 4.10. The fraction of sp³-hybridized carbons (Fsp3) is 0.0526. The van der Waals surface area contributed by atoms with Crippen molar-refractivity contribution in [2.45, 2.75) is 11.8 Å². The molecule has 0 radical (unpaired) electrons. The van der Waals surface area contributed by atoms with E-state index in [1.807, 2.05) is 0 Å². The van der Waals surface area contributed by atoms with Crippen molar-refractivity contribution >= 4 is 27.4 Å². The number of nitrogens with one attached hydrogen (secondary N) is 1. The molecule has 0 bridgehead atoms. The van der Waals surface area contributed by atoms with Gasteiger partial charge in [0.15, 0.2) is 0 Å². The third kappa shape index (κ3) is 4.06. The highest BCUT2D eigenvalue weighted by molar-refractivity contribution is 7.92. The number of anilines is 1. The Bertz CT molecular complexity index is 1210. The molecule has 1 aromatic heterocycles. The molecule has 2 N–H and O–H groups in total. The van der Waals surface area contributed by atoms with Crippen molar-refractivity contribution in [3.8, 4) is 11.1 Å². The van der Waals surface area contributed by atoms with Gasteiger partial charge in [0.05, 0.1) is 10.5 Å². The first-order valence-electron chi connectivity index (χ1n) is 8.25. The number of hydrogen-bond donors (Lipinski definition) is 2. The van der Waals surface area contributed by atoms with Crippen LogP contribution in [0.5, 0.6) is 0 Å². The second-order valence-electron chi connectivity index (χ2n) is 6.09. The predicted octanol–water partition coefficient (Wildman–Crippen LogP) is 3.46. The number of rotatable bonds is 6. The van der Waals surface area contributed by atoms with Crippen LogP contribution >= 0.6 is 0 Å². The van der Waals surface area contributed by atoms with Crippen LogP contribution in [0, 0.1) is 17.0 Å². The van der Waals surface area contributed by atoms with Crippen molar-refractivity contribution < 1.29 is 23.2 Å². The summed E-state index contributed by atoms with van der Waals surface area (Å²) < 4.78 is 27.8. The van der Waals surface area contributed by atoms with Crippen molar-refractivity contribution in [1.29, 1.82) is 0 Å². The van der Waals surface area contributed by atoms with Gasteiger partial charge in [-0.2, -0.15) is 0 Å². The minimum absolute atomic E-state index is 0.278. The van der Waals surface area contributed by atoms with Gasteiger partial charge in [-0.05, 0) is 42.3 Å². The Balaban J connectivity index is 2.15. The third-order valence-electron chi connectivity index (χ3n) is 4.16. The molecule has 10 heteroatoms. The highest BCUT2D eigenvalue weighted by Crippen LogP contribution is 2.35. The summed E-state index contributed by atoms with van der Waals surface area (Å²) >= 11 is 0. The van der Waals surface area contributed by atoms with Crippen LogP contribution in [0.3, 0.4) is 0 Å². The van der Waals surface area contributed by atoms with Gasteiger partial charge in [0, 0.05) is 24.0 Å². The molecule has 1 heterocycles. The Hall–Kier alpha value is -3.79. The largest absolute Gasteiger partial charge is 0.478 e. The second-order valence-corrected chi connectivity index (χ2v) is 7.74. The quantitative estimate of drug-likeness (QED) is 0.466. The lowest BCUT2D eigenvalue weighted by molar-refractivity contribution is -0.383. The normalized spacial score (nSPS) is 11.1. The lowest BCUT2D eigenvalue weighted by atomic mass is 10.0. The van der Waals surface area contributed by atoms with E-state index in [1.54, 1.807) is 31.5 Å². The van der Waals surface area contributed by atoms with Gasteiger partial charge < -0.3 is 5.11 Å². The molecule has 0 aliphatic heterocycles. The maximum Gasteiger partial charge on any atom is 0.337 e. The molecule has 0 atom stereocenters. The van der Waals surface area contributed by atoms with Gasteiger partial charge in [-0.15, -0.1) is 0 Å². The molecule has 0 aliphatic rings. The van der Waals surface area contributed by atoms with Crippen LogP contribution in [-0.4, -0.2) is 29.4 Å². The average molecular weight is 413 g/mol. The molecule has 29 heavy (non-hydrogen) atoms. The van der Waals surface area contributed by atoms with Gasteiger partial charge in [0.1, 0.15) is 10.6 Å². The number of aromatic nitrogens is 1. The molecule has 0 saturated heterocycles. The van der Waals surface area contributed by atoms with Gasteiger partial charge in [-0.1, -0.05) is 18.2 Å².